The number of rotatable bonds is 7. The molecular weight excluding hydrogens is 256 g/mol. The maximum Gasteiger partial charge on any atom is 0.251 e. The van der Waals surface area contributed by atoms with Crippen molar-refractivity contribution in [3.8, 4) is 5.75 Å². The van der Waals surface area contributed by atoms with Crippen molar-refractivity contribution in [1.29, 1.82) is 0 Å². The lowest BCUT2D eigenvalue weighted by molar-refractivity contribution is 0.0916. The SMILES string of the molecule is CCOc1cc(N)cc(C(=O)NC(CCO)C(C)C)c1. The Kier molecular flexibility index (Phi) is 6.31. The second-order valence-corrected chi connectivity index (χ2v) is 5.06. The molecule has 0 aliphatic heterocycles. The molecule has 1 unspecified atom stereocenters. The third-order valence-corrected chi connectivity index (χ3v) is 3.06. The number of aliphatic hydroxyl groups is 1. The number of hydrogen-bond acceptors (Lipinski definition) is 4. The van der Waals surface area contributed by atoms with Gasteiger partial charge in [0.1, 0.15) is 5.75 Å². The Hall–Kier alpha value is -1.75. The zero-order valence-electron chi connectivity index (χ0n) is 12.3. The Balaban J connectivity index is 2.85. The van der Waals surface area contributed by atoms with Crippen LogP contribution in [-0.2, 0) is 0 Å². The molecule has 0 aromatic heterocycles. The van der Waals surface area contributed by atoms with E-state index in [1.807, 2.05) is 20.8 Å². The summed E-state index contributed by atoms with van der Waals surface area (Å²) in [5.74, 6) is 0.629. The molecule has 1 atom stereocenters. The van der Waals surface area contributed by atoms with Gasteiger partial charge in [-0.1, -0.05) is 13.8 Å². The molecular formula is C15H24N2O3. The number of carbonyl (C=O) groups excluding carboxylic acids is 1. The Morgan fingerprint density at radius 1 is 1.40 bits per heavy atom. The van der Waals surface area contributed by atoms with Gasteiger partial charge in [0.05, 0.1) is 6.61 Å². The normalized spacial score (nSPS) is 12.2. The summed E-state index contributed by atoms with van der Waals surface area (Å²) in [5, 5.41) is 12.0. The largest absolute Gasteiger partial charge is 0.494 e. The summed E-state index contributed by atoms with van der Waals surface area (Å²) in [6, 6.07) is 4.91. The van der Waals surface area contributed by atoms with Gasteiger partial charge in [-0.3, -0.25) is 4.79 Å². The number of amides is 1. The lowest BCUT2D eigenvalue weighted by Crippen LogP contribution is -2.39. The molecule has 0 saturated heterocycles. The number of nitrogens with one attached hydrogen (secondary N) is 1. The molecule has 1 aromatic rings. The summed E-state index contributed by atoms with van der Waals surface area (Å²) in [6.45, 7) is 6.45. The van der Waals surface area contributed by atoms with Gasteiger partial charge >= 0.3 is 0 Å². The zero-order chi connectivity index (χ0) is 15.1. The van der Waals surface area contributed by atoms with Gasteiger partial charge in [-0.15, -0.1) is 0 Å². The Morgan fingerprint density at radius 3 is 2.65 bits per heavy atom. The molecule has 5 heteroatoms. The van der Waals surface area contributed by atoms with E-state index in [1.54, 1.807) is 18.2 Å². The lowest BCUT2D eigenvalue weighted by atomic mass is 10.0. The van der Waals surface area contributed by atoms with Crippen LogP contribution < -0.4 is 15.8 Å². The van der Waals surface area contributed by atoms with E-state index in [0.29, 0.717) is 30.0 Å². The second-order valence-electron chi connectivity index (χ2n) is 5.06. The summed E-state index contributed by atoms with van der Waals surface area (Å²) < 4.78 is 5.38. The van der Waals surface area contributed by atoms with Crippen LogP contribution in [-0.4, -0.2) is 30.3 Å². The fraction of sp³-hybridized carbons (Fsp3) is 0.533. The first-order valence-corrected chi connectivity index (χ1v) is 6.93. The van der Waals surface area contributed by atoms with E-state index in [4.69, 9.17) is 15.6 Å². The molecule has 0 bridgehead atoms. The number of nitrogens with two attached hydrogens (primary N) is 1. The molecule has 1 amide bonds. The highest BCUT2D eigenvalue weighted by Gasteiger charge is 2.17. The van der Waals surface area contributed by atoms with Crippen LogP contribution >= 0.6 is 0 Å². The van der Waals surface area contributed by atoms with Crippen LogP contribution in [0.1, 0.15) is 37.6 Å². The molecule has 0 spiro atoms. The van der Waals surface area contributed by atoms with E-state index in [9.17, 15) is 4.79 Å². The molecule has 0 saturated carbocycles. The topological polar surface area (TPSA) is 84.6 Å². The van der Waals surface area contributed by atoms with E-state index in [0.717, 1.165) is 0 Å². The summed E-state index contributed by atoms with van der Waals surface area (Å²) in [7, 11) is 0. The van der Waals surface area contributed by atoms with Crippen molar-refractivity contribution in [3.05, 3.63) is 23.8 Å². The van der Waals surface area contributed by atoms with Gasteiger partial charge in [-0.25, -0.2) is 0 Å². The van der Waals surface area contributed by atoms with Gasteiger partial charge in [0.2, 0.25) is 0 Å². The molecule has 0 radical (unpaired) electrons. The van der Waals surface area contributed by atoms with Crippen molar-refractivity contribution < 1.29 is 14.6 Å². The Labute approximate surface area is 120 Å². The highest BCUT2D eigenvalue weighted by molar-refractivity contribution is 5.95. The first kappa shape index (κ1) is 16.3. The van der Waals surface area contributed by atoms with Crippen molar-refractivity contribution in [3.63, 3.8) is 0 Å². The number of aliphatic hydroxyl groups excluding tert-OH is 1. The number of carbonyl (C=O) groups is 1. The minimum atomic E-state index is -0.203. The second kappa shape index (κ2) is 7.75. The van der Waals surface area contributed by atoms with Crippen LogP contribution in [0.2, 0.25) is 0 Å². The van der Waals surface area contributed by atoms with E-state index in [1.165, 1.54) is 0 Å². The monoisotopic (exact) mass is 280 g/mol. The van der Waals surface area contributed by atoms with Crippen LogP contribution in [0.15, 0.2) is 18.2 Å². The number of benzene rings is 1. The van der Waals surface area contributed by atoms with Crippen LogP contribution in [0.4, 0.5) is 5.69 Å². The van der Waals surface area contributed by atoms with Crippen molar-refractivity contribution in [2.24, 2.45) is 5.92 Å². The van der Waals surface area contributed by atoms with Gasteiger partial charge in [0, 0.05) is 30.0 Å². The molecule has 112 valence electrons. The molecule has 0 heterocycles. The van der Waals surface area contributed by atoms with Gasteiger partial charge < -0.3 is 20.9 Å². The minimum Gasteiger partial charge on any atom is -0.494 e. The molecule has 1 rings (SSSR count). The summed E-state index contributed by atoms with van der Waals surface area (Å²) >= 11 is 0. The summed E-state index contributed by atoms with van der Waals surface area (Å²) in [4.78, 5) is 12.2. The van der Waals surface area contributed by atoms with Crippen molar-refractivity contribution in [1.82, 2.24) is 5.32 Å². The quantitative estimate of drug-likeness (QED) is 0.665. The van der Waals surface area contributed by atoms with E-state index < -0.39 is 0 Å². The van der Waals surface area contributed by atoms with E-state index >= 15 is 0 Å². The van der Waals surface area contributed by atoms with Crippen LogP contribution in [0.25, 0.3) is 0 Å². The first-order chi connectivity index (χ1) is 9.47. The third kappa shape index (κ3) is 4.74. The molecule has 1 aromatic carbocycles. The summed E-state index contributed by atoms with van der Waals surface area (Å²) in [6.07, 6.45) is 0.532. The number of ether oxygens (including phenoxy) is 1. The number of nitrogen functional groups attached to an aromatic ring is 1. The van der Waals surface area contributed by atoms with Crippen LogP contribution in [0.5, 0.6) is 5.75 Å². The van der Waals surface area contributed by atoms with Gasteiger partial charge in [-0.2, -0.15) is 0 Å². The average molecular weight is 280 g/mol. The molecule has 5 nitrogen and oxygen atoms in total. The molecule has 20 heavy (non-hydrogen) atoms. The standard InChI is InChI=1S/C15H24N2O3/c1-4-20-13-8-11(7-12(16)9-13)15(19)17-14(5-6-18)10(2)3/h7-10,14,18H,4-6,16H2,1-3H3,(H,17,19). The smallest absolute Gasteiger partial charge is 0.251 e. The minimum absolute atomic E-state index is 0.0459. The van der Waals surface area contributed by atoms with E-state index in [-0.39, 0.29) is 24.5 Å². The molecule has 0 fully saturated rings. The highest BCUT2D eigenvalue weighted by Crippen LogP contribution is 2.19. The van der Waals surface area contributed by atoms with Crippen LogP contribution in [0, 0.1) is 5.92 Å². The predicted molar refractivity (Wildman–Crippen MR) is 79.8 cm³/mol. The molecule has 4 N–H and O–H groups in total. The molecule has 0 aliphatic rings. The maximum absolute atomic E-state index is 12.2. The van der Waals surface area contributed by atoms with Crippen molar-refractivity contribution >= 4 is 11.6 Å². The maximum atomic E-state index is 12.2. The Bertz CT molecular complexity index is 447. The number of hydrogen-bond donors (Lipinski definition) is 3. The van der Waals surface area contributed by atoms with Gasteiger partial charge in [0.25, 0.3) is 5.91 Å². The fourth-order valence-electron chi connectivity index (χ4n) is 1.97. The van der Waals surface area contributed by atoms with Gasteiger partial charge in [0.15, 0.2) is 0 Å². The fourth-order valence-corrected chi connectivity index (χ4v) is 1.97. The third-order valence-electron chi connectivity index (χ3n) is 3.06. The lowest BCUT2D eigenvalue weighted by Gasteiger charge is -2.21. The zero-order valence-corrected chi connectivity index (χ0v) is 12.3. The highest BCUT2D eigenvalue weighted by atomic mass is 16.5. The summed E-state index contributed by atoms with van der Waals surface area (Å²) in [5.41, 5.74) is 6.74. The van der Waals surface area contributed by atoms with Crippen LogP contribution in [0.3, 0.4) is 0 Å². The molecule has 0 aliphatic carbocycles. The van der Waals surface area contributed by atoms with Crippen molar-refractivity contribution in [2.45, 2.75) is 33.2 Å². The van der Waals surface area contributed by atoms with Crippen molar-refractivity contribution in [2.75, 3.05) is 18.9 Å². The Morgan fingerprint density at radius 2 is 2.10 bits per heavy atom. The predicted octanol–water partition coefficient (Wildman–Crippen LogP) is 1.80. The van der Waals surface area contributed by atoms with Gasteiger partial charge in [-0.05, 0) is 31.4 Å². The average Bonchev–Trinajstić information content (AvgIpc) is 2.37. The van der Waals surface area contributed by atoms with E-state index in [2.05, 4.69) is 5.32 Å². The number of anilines is 1. The first-order valence-electron chi connectivity index (χ1n) is 6.93.